The maximum atomic E-state index is 13.4. The second kappa shape index (κ2) is 7.08. The Hall–Kier alpha value is -0.840. The summed E-state index contributed by atoms with van der Waals surface area (Å²) in [5.74, 6) is -1.50. The number of carbonyl (C=O) groups is 1. The minimum Gasteiger partial charge on any atom is -0.480 e. The number of nitrogens with one attached hydrogen (secondary N) is 1. The summed E-state index contributed by atoms with van der Waals surface area (Å²) in [6.45, 7) is 3.64. The van der Waals surface area contributed by atoms with Gasteiger partial charge in [0, 0.05) is 11.1 Å². The van der Waals surface area contributed by atoms with Crippen molar-refractivity contribution in [2.75, 3.05) is 0 Å². The second-order valence-electron chi connectivity index (χ2n) is 4.36. The average Bonchev–Trinajstić information content (AvgIpc) is 2.32. The molecule has 0 aliphatic heterocycles. The maximum absolute atomic E-state index is 13.4. The molecule has 0 amide bonds. The van der Waals surface area contributed by atoms with Gasteiger partial charge in [-0.2, -0.15) is 0 Å². The van der Waals surface area contributed by atoms with Crippen molar-refractivity contribution < 1.29 is 14.3 Å². The maximum Gasteiger partial charge on any atom is 0.320 e. The largest absolute Gasteiger partial charge is 0.480 e. The summed E-state index contributed by atoms with van der Waals surface area (Å²) in [4.78, 5) is 11.1. The van der Waals surface area contributed by atoms with Crippen LogP contribution < -0.4 is 5.32 Å². The van der Waals surface area contributed by atoms with Crippen LogP contribution in [0.1, 0.15) is 38.3 Å². The molecule has 0 aliphatic rings. The summed E-state index contributed by atoms with van der Waals surface area (Å²) in [7, 11) is 0. The standard InChI is InChI=1S/C13H16Cl2FNO2/c1-3-4-12(13(18)19)17-7(2)8-5-11(16)10(15)6-9(8)14/h5-7,12,17H,3-4H2,1-2H3,(H,18,19). The molecule has 0 heterocycles. The normalized spacial score (nSPS) is 14.2. The number of carboxylic acid groups (broad SMARTS) is 1. The van der Waals surface area contributed by atoms with Crippen LogP contribution in [0.2, 0.25) is 10.0 Å². The molecule has 1 rings (SSSR count). The molecule has 0 spiro atoms. The summed E-state index contributed by atoms with van der Waals surface area (Å²) in [6, 6.07) is 1.48. The van der Waals surface area contributed by atoms with Crippen molar-refractivity contribution in [1.29, 1.82) is 0 Å². The lowest BCUT2D eigenvalue weighted by molar-refractivity contribution is -0.139. The number of benzene rings is 1. The van der Waals surface area contributed by atoms with Gasteiger partial charge in [-0.1, -0.05) is 36.5 Å². The van der Waals surface area contributed by atoms with Crippen LogP contribution in [0.15, 0.2) is 12.1 Å². The van der Waals surface area contributed by atoms with E-state index in [1.165, 1.54) is 12.1 Å². The molecular formula is C13H16Cl2FNO2. The SMILES string of the molecule is CCCC(NC(C)c1cc(F)c(Cl)cc1Cl)C(=O)O. The zero-order valence-corrected chi connectivity index (χ0v) is 12.2. The van der Waals surface area contributed by atoms with E-state index in [2.05, 4.69) is 5.32 Å². The van der Waals surface area contributed by atoms with E-state index in [1.54, 1.807) is 6.92 Å². The Bertz CT molecular complexity index is 468. The number of rotatable bonds is 6. The summed E-state index contributed by atoms with van der Waals surface area (Å²) in [5.41, 5.74) is 0.492. The Morgan fingerprint density at radius 3 is 2.58 bits per heavy atom. The molecule has 6 heteroatoms. The Morgan fingerprint density at radius 2 is 2.05 bits per heavy atom. The van der Waals surface area contributed by atoms with Crippen LogP contribution in [0, 0.1) is 5.82 Å². The van der Waals surface area contributed by atoms with Crippen molar-refractivity contribution in [3.63, 3.8) is 0 Å². The summed E-state index contributed by atoms with van der Waals surface area (Å²) in [5, 5.41) is 12.3. The van der Waals surface area contributed by atoms with E-state index in [1.807, 2.05) is 6.92 Å². The third-order valence-corrected chi connectivity index (χ3v) is 3.45. The highest BCUT2D eigenvalue weighted by molar-refractivity contribution is 6.35. The Balaban J connectivity index is 2.90. The lowest BCUT2D eigenvalue weighted by Gasteiger charge is -2.21. The average molecular weight is 308 g/mol. The number of halogens is 3. The van der Waals surface area contributed by atoms with Crippen LogP contribution in [-0.4, -0.2) is 17.1 Å². The zero-order valence-electron chi connectivity index (χ0n) is 10.7. The molecule has 0 aliphatic carbocycles. The second-order valence-corrected chi connectivity index (χ2v) is 5.17. The Labute approximate surface area is 121 Å². The van der Waals surface area contributed by atoms with Crippen LogP contribution in [0.4, 0.5) is 4.39 Å². The lowest BCUT2D eigenvalue weighted by atomic mass is 10.1. The minimum atomic E-state index is -0.931. The molecule has 2 N–H and O–H groups in total. The van der Waals surface area contributed by atoms with Crippen molar-refractivity contribution in [2.24, 2.45) is 0 Å². The van der Waals surface area contributed by atoms with Crippen molar-refractivity contribution >= 4 is 29.2 Å². The fraction of sp³-hybridized carbons (Fsp3) is 0.462. The highest BCUT2D eigenvalue weighted by Gasteiger charge is 2.21. The van der Waals surface area contributed by atoms with Crippen molar-refractivity contribution in [3.8, 4) is 0 Å². The summed E-state index contributed by atoms with van der Waals surface area (Å²) >= 11 is 11.6. The van der Waals surface area contributed by atoms with Crippen LogP contribution >= 0.6 is 23.2 Å². The molecule has 0 fully saturated rings. The fourth-order valence-corrected chi connectivity index (χ4v) is 2.37. The number of hydrogen-bond acceptors (Lipinski definition) is 2. The highest BCUT2D eigenvalue weighted by atomic mass is 35.5. The van der Waals surface area contributed by atoms with E-state index in [9.17, 15) is 9.18 Å². The molecule has 0 saturated heterocycles. The Morgan fingerprint density at radius 1 is 1.42 bits per heavy atom. The lowest BCUT2D eigenvalue weighted by Crippen LogP contribution is -2.38. The quantitative estimate of drug-likeness (QED) is 0.780. The molecule has 1 aromatic carbocycles. The Kier molecular flexibility index (Phi) is 6.04. The summed E-state index contributed by atoms with van der Waals surface area (Å²) in [6.07, 6.45) is 1.23. The van der Waals surface area contributed by atoms with E-state index in [0.29, 0.717) is 17.0 Å². The monoisotopic (exact) mass is 307 g/mol. The van der Waals surface area contributed by atoms with Crippen LogP contribution in [-0.2, 0) is 4.79 Å². The van der Waals surface area contributed by atoms with E-state index in [0.717, 1.165) is 6.42 Å². The molecule has 0 radical (unpaired) electrons. The van der Waals surface area contributed by atoms with Gasteiger partial charge in [-0.3, -0.25) is 10.1 Å². The summed E-state index contributed by atoms with van der Waals surface area (Å²) < 4.78 is 13.4. The molecule has 0 saturated carbocycles. The van der Waals surface area contributed by atoms with Gasteiger partial charge in [0.2, 0.25) is 0 Å². The molecule has 19 heavy (non-hydrogen) atoms. The van der Waals surface area contributed by atoms with Crippen LogP contribution in [0.25, 0.3) is 0 Å². The van der Waals surface area contributed by atoms with Gasteiger partial charge < -0.3 is 5.11 Å². The molecule has 2 unspecified atom stereocenters. The zero-order chi connectivity index (χ0) is 14.6. The van der Waals surface area contributed by atoms with Gasteiger partial charge in [0.25, 0.3) is 0 Å². The first kappa shape index (κ1) is 16.2. The fourth-order valence-electron chi connectivity index (χ4n) is 1.83. The van der Waals surface area contributed by atoms with Gasteiger partial charge in [-0.05, 0) is 31.0 Å². The first-order valence-corrected chi connectivity index (χ1v) is 6.75. The number of aliphatic carboxylic acids is 1. The molecule has 2 atom stereocenters. The third-order valence-electron chi connectivity index (χ3n) is 2.83. The molecule has 106 valence electrons. The van der Waals surface area contributed by atoms with Gasteiger partial charge in [0.15, 0.2) is 0 Å². The first-order valence-electron chi connectivity index (χ1n) is 6.00. The topological polar surface area (TPSA) is 49.3 Å². The van der Waals surface area contributed by atoms with E-state index < -0.39 is 17.8 Å². The molecule has 1 aromatic rings. The minimum absolute atomic E-state index is 0.0516. The predicted octanol–water partition coefficient (Wildman–Crippen LogP) is 4.04. The van der Waals surface area contributed by atoms with E-state index in [-0.39, 0.29) is 11.1 Å². The van der Waals surface area contributed by atoms with Crippen molar-refractivity contribution in [2.45, 2.75) is 38.8 Å². The first-order chi connectivity index (χ1) is 8.86. The number of carboxylic acids is 1. The van der Waals surface area contributed by atoms with Crippen LogP contribution in [0.3, 0.4) is 0 Å². The highest BCUT2D eigenvalue weighted by Crippen LogP contribution is 2.29. The van der Waals surface area contributed by atoms with Gasteiger partial charge >= 0.3 is 5.97 Å². The van der Waals surface area contributed by atoms with Gasteiger partial charge in [0.1, 0.15) is 11.9 Å². The molecule has 0 aromatic heterocycles. The molecule has 0 bridgehead atoms. The molecule has 3 nitrogen and oxygen atoms in total. The van der Waals surface area contributed by atoms with Gasteiger partial charge in [-0.25, -0.2) is 4.39 Å². The van der Waals surface area contributed by atoms with Gasteiger partial charge in [0.05, 0.1) is 5.02 Å². The predicted molar refractivity (Wildman–Crippen MR) is 74.3 cm³/mol. The smallest absolute Gasteiger partial charge is 0.320 e. The van der Waals surface area contributed by atoms with Crippen molar-refractivity contribution in [3.05, 3.63) is 33.6 Å². The van der Waals surface area contributed by atoms with E-state index in [4.69, 9.17) is 28.3 Å². The van der Waals surface area contributed by atoms with E-state index >= 15 is 0 Å². The third kappa shape index (κ3) is 4.34. The number of hydrogen-bond donors (Lipinski definition) is 2. The van der Waals surface area contributed by atoms with Crippen molar-refractivity contribution in [1.82, 2.24) is 5.32 Å². The van der Waals surface area contributed by atoms with Gasteiger partial charge in [-0.15, -0.1) is 0 Å². The van der Waals surface area contributed by atoms with Crippen LogP contribution in [0.5, 0.6) is 0 Å². The molecular weight excluding hydrogens is 292 g/mol.